The molecule has 0 aliphatic rings. The van der Waals surface area contributed by atoms with Gasteiger partial charge in [0.05, 0.1) is 0 Å². The van der Waals surface area contributed by atoms with Crippen molar-refractivity contribution < 1.29 is 4.39 Å². The first-order valence-electron chi connectivity index (χ1n) is 4.73. The number of hydrogen-bond acceptors (Lipinski definition) is 2. The normalized spacial score (nSPS) is 12.9. The molecule has 0 amide bonds. The van der Waals surface area contributed by atoms with E-state index in [1.165, 1.54) is 6.07 Å². The van der Waals surface area contributed by atoms with Crippen LogP contribution in [0.25, 0.3) is 0 Å². The second kappa shape index (κ2) is 5.37. The Morgan fingerprint density at radius 3 is 2.71 bits per heavy atom. The minimum atomic E-state index is -0.144. The highest BCUT2D eigenvalue weighted by molar-refractivity contribution is 7.80. The molecule has 0 radical (unpaired) electrons. The predicted molar refractivity (Wildman–Crippen MR) is 61.4 cm³/mol. The van der Waals surface area contributed by atoms with Crippen LogP contribution in [0.5, 0.6) is 0 Å². The summed E-state index contributed by atoms with van der Waals surface area (Å²) in [5, 5.41) is 3.19. The van der Waals surface area contributed by atoms with Crippen LogP contribution in [0.15, 0.2) is 18.2 Å². The maximum Gasteiger partial charge on any atom is 0.126 e. The van der Waals surface area contributed by atoms with Crippen LogP contribution >= 0.6 is 12.6 Å². The molecule has 14 heavy (non-hydrogen) atoms. The first kappa shape index (κ1) is 11.5. The van der Waals surface area contributed by atoms with Crippen LogP contribution in [0.2, 0.25) is 0 Å². The molecule has 1 nitrogen and oxygen atoms in total. The molecule has 3 heteroatoms. The zero-order chi connectivity index (χ0) is 10.6. The second-order valence-corrected chi connectivity index (χ2v) is 3.81. The zero-order valence-corrected chi connectivity index (χ0v) is 9.44. The van der Waals surface area contributed by atoms with E-state index in [-0.39, 0.29) is 11.9 Å². The monoisotopic (exact) mass is 213 g/mol. The molecule has 0 saturated carbocycles. The van der Waals surface area contributed by atoms with Crippen LogP contribution in [0.4, 0.5) is 4.39 Å². The van der Waals surface area contributed by atoms with Crippen molar-refractivity contribution in [2.45, 2.75) is 19.4 Å². The first-order valence-corrected chi connectivity index (χ1v) is 5.36. The van der Waals surface area contributed by atoms with Gasteiger partial charge in [0.2, 0.25) is 0 Å². The Hall–Kier alpha value is -0.540. The van der Waals surface area contributed by atoms with E-state index in [1.54, 1.807) is 6.92 Å². The highest BCUT2D eigenvalue weighted by Crippen LogP contribution is 2.19. The Labute approximate surface area is 90.1 Å². The lowest BCUT2D eigenvalue weighted by atomic mass is 10.0. The summed E-state index contributed by atoms with van der Waals surface area (Å²) in [7, 11) is 1.91. The van der Waals surface area contributed by atoms with E-state index in [4.69, 9.17) is 0 Å². The molecular weight excluding hydrogens is 197 g/mol. The fourth-order valence-electron chi connectivity index (χ4n) is 1.49. The fraction of sp³-hybridized carbons (Fsp3) is 0.455. The fourth-order valence-corrected chi connectivity index (χ4v) is 1.75. The Morgan fingerprint density at radius 1 is 1.50 bits per heavy atom. The van der Waals surface area contributed by atoms with Gasteiger partial charge in [-0.25, -0.2) is 4.39 Å². The lowest BCUT2D eigenvalue weighted by Gasteiger charge is -2.16. The minimum Gasteiger partial charge on any atom is -0.313 e. The van der Waals surface area contributed by atoms with E-state index >= 15 is 0 Å². The van der Waals surface area contributed by atoms with Crippen molar-refractivity contribution >= 4 is 12.6 Å². The molecule has 1 unspecified atom stereocenters. The van der Waals surface area contributed by atoms with E-state index in [9.17, 15) is 4.39 Å². The average Bonchev–Trinajstić information content (AvgIpc) is 2.19. The van der Waals surface area contributed by atoms with Crippen molar-refractivity contribution in [3.63, 3.8) is 0 Å². The van der Waals surface area contributed by atoms with E-state index in [1.807, 2.05) is 19.2 Å². The van der Waals surface area contributed by atoms with Gasteiger partial charge in [-0.1, -0.05) is 12.1 Å². The number of rotatable bonds is 4. The first-order chi connectivity index (χ1) is 6.69. The Balaban J connectivity index is 2.88. The van der Waals surface area contributed by atoms with Crippen molar-refractivity contribution in [3.8, 4) is 0 Å². The highest BCUT2D eigenvalue weighted by atomic mass is 32.1. The third-order valence-corrected chi connectivity index (χ3v) is 2.61. The molecule has 1 rings (SSSR count). The van der Waals surface area contributed by atoms with Gasteiger partial charge in [-0.15, -0.1) is 0 Å². The molecular formula is C11H16FNS. The van der Waals surface area contributed by atoms with Gasteiger partial charge in [-0.3, -0.25) is 0 Å². The van der Waals surface area contributed by atoms with Gasteiger partial charge in [0.15, 0.2) is 0 Å². The van der Waals surface area contributed by atoms with Gasteiger partial charge in [-0.2, -0.15) is 12.6 Å². The molecule has 0 bridgehead atoms. The third kappa shape index (κ3) is 2.72. The standard InChI is InChI=1S/C11H16FNS/c1-8-7-9(3-4-10(8)12)11(13-2)5-6-14/h3-4,7,11,13-14H,5-6H2,1-2H3. The molecule has 1 aromatic rings. The topological polar surface area (TPSA) is 12.0 Å². The van der Waals surface area contributed by atoms with Crippen LogP contribution in [-0.4, -0.2) is 12.8 Å². The van der Waals surface area contributed by atoms with Crippen molar-refractivity contribution in [1.82, 2.24) is 5.32 Å². The van der Waals surface area contributed by atoms with Crippen molar-refractivity contribution in [2.75, 3.05) is 12.8 Å². The molecule has 1 atom stereocenters. The summed E-state index contributed by atoms with van der Waals surface area (Å²) in [4.78, 5) is 0. The van der Waals surface area contributed by atoms with Gasteiger partial charge in [0.1, 0.15) is 5.82 Å². The quantitative estimate of drug-likeness (QED) is 0.733. The van der Waals surface area contributed by atoms with Crippen molar-refractivity contribution in [3.05, 3.63) is 35.1 Å². The number of halogens is 1. The minimum absolute atomic E-state index is 0.144. The summed E-state index contributed by atoms with van der Waals surface area (Å²) in [6, 6.07) is 5.51. The summed E-state index contributed by atoms with van der Waals surface area (Å²) in [6.07, 6.45) is 0.949. The number of thiol groups is 1. The van der Waals surface area contributed by atoms with Crippen LogP contribution in [-0.2, 0) is 0 Å². The SMILES string of the molecule is CNC(CCS)c1ccc(F)c(C)c1. The molecule has 0 spiro atoms. The molecule has 0 aromatic heterocycles. The molecule has 0 saturated heterocycles. The largest absolute Gasteiger partial charge is 0.313 e. The van der Waals surface area contributed by atoms with Gasteiger partial charge < -0.3 is 5.32 Å². The maximum atomic E-state index is 13.0. The lowest BCUT2D eigenvalue weighted by Crippen LogP contribution is -2.17. The Kier molecular flexibility index (Phi) is 4.42. The van der Waals surface area contributed by atoms with Crippen LogP contribution in [0.3, 0.4) is 0 Å². The van der Waals surface area contributed by atoms with E-state index < -0.39 is 0 Å². The maximum absolute atomic E-state index is 13.0. The highest BCUT2D eigenvalue weighted by Gasteiger charge is 2.09. The Morgan fingerprint density at radius 2 is 2.21 bits per heavy atom. The van der Waals surface area contributed by atoms with Crippen molar-refractivity contribution in [2.24, 2.45) is 0 Å². The number of nitrogens with one attached hydrogen (secondary N) is 1. The molecule has 0 heterocycles. The van der Waals surface area contributed by atoms with Gasteiger partial charge in [-0.05, 0) is 43.3 Å². The van der Waals surface area contributed by atoms with Crippen molar-refractivity contribution in [1.29, 1.82) is 0 Å². The lowest BCUT2D eigenvalue weighted by molar-refractivity contribution is 0.574. The summed E-state index contributed by atoms with van der Waals surface area (Å²) in [5.74, 6) is 0.677. The summed E-state index contributed by atoms with van der Waals surface area (Å²) in [5.41, 5.74) is 1.82. The molecule has 0 fully saturated rings. The molecule has 1 aromatic carbocycles. The molecule has 78 valence electrons. The van der Waals surface area contributed by atoms with Gasteiger partial charge in [0.25, 0.3) is 0 Å². The van der Waals surface area contributed by atoms with Gasteiger partial charge >= 0.3 is 0 Å². The summed E-state index contributed by atoms with van der Waals surface area (Å²) < 4.78 is 13.0. The zero-order valence-electron chi connectivity index (χ0n) is 8.55. The molecule has 0 aliphatic heterocycles. The molecule has 1 N–H and O–H groups in total. The summed E-state index contributed by atoms with van der Waals surface area (Å²) >= 11 is 4.20. The number of hydrogen-bond donors (Lipinski definition) is 2. The third-order valence-electron chi connectivity index (χ3n) is 2.35. The molecule has 0 aliphatic carbocycles. The van der Waals surface area contributed by atoms with Crippen LogP contribution in [0.1, 0.15) is 23.6 Å². The van der Waals surface area contributed by atoms with E-state index in [0.29, 0.717) is 5.56 Å². The van der Waals surface area contributed by atoms with Crippen LogP contribution in [0, 0.1) is 12.7 Å². The average molecular weight is 213 g/mol. The van der Waals surface area contributed by atoms with Gasteiger partial charge in [0, 0.05) is 6.04 Å². The van der Waals surface area contributed by atoms with E-state index in [0.717, 1.165) is 17.7 Å². The Bertz CT molecular complexity index is 301. The predicted octanol–water partition coefficient (Wildman–Crippen LogP) is 2.71. The smallest absolute Gasteiger partial charge is 0.126 e. The number of aryl methyl sites for hydroxylation is 1. The second-order valence-electron chi connectivity index (χ2n) is 3.36. The number of benzene rings is 1. The summed E-state index contributed by atoms with van der Waals surface area (Å²) in [6.45, 7) is 1.78. The van der Waals surface area contributed by atoms with E-state index in [2.05, 4.69) is 17.9 Å². The van der Waals surface area contributed by atoms with Crippen LogP contribution < -0.4 is 5.32 Å².